The number of hydrogen-bond acceptors (Lipinski definition) is 5. The Hall–Kier alpha value is -3.03. The fourth-order valence-electron chi connectivity index (χ4n) is 1.39. The lowest BCUT2D eigenvalue weighted by Gasteiger charge is -2.00. The molecule has 124 valence electrons. The maximum atomic E-state index is 12.4. The summed E-state index contributed by atoms with van der Waals surface area (Å²) in [5, 5.41) is 19.0. The summed E-state index contributed by atoms with van der Waals surface area (Å²) in [6.07, 6.45) is 0. The van der Waals surface area contributed by atoms with E-state index in [4.69, 9.17) is 5.11 Å². The Bertz CT molecular complexity index is 691. The maximum Gasteiger partial charge on any atom is 0.341 e. The van der Waals surface area contributed by atoms with Crippen LogP contribution in [-0.2, 0) is 4.74 Å². The van der Waals surface area contributed by atoms with E-state index < -0.39 is 34.0 Å². The molecular weight excluding hydrogens is 312 g/mol. The summed E-state index contributed by atoms with van der Waals surface area (Å²) in [6.45, 7) is 0. The van der Waals surface area contributed by atoms with Crippen LogP contribution in [0.4, 0.5) is 14.5 Å². The fourth-order valence-corrected chi connectivity index (χ4v) is 1.39. The SMILES string of the molecule is C.COC(=O)c1ccc(F)cc1O.O=[N+]([O-])c1ccccc1F. The largest absolute Gasteiger partial charge is 0.507 e. The molecular formula is C15H15F2NO5. The van der Waals surface area contributed by atoms with E-state index in [1.165, 1.54) is 19.2 Å². The lowest BCUT2D eigenvalue weighted by molar-refractivity contribution is -0.387. The van der Waals surface area contributed by atoms with Gasteiger partial charge in [-0.1, -0.05) is 19.6 Å². The number of nitrogens with zero attached hydrogens (tertiary/aromatic N) is 1. The van der Waals surface area contributed by atoms with Crippen LogP contribution in [0.25, 0.3) is 0 Å². The van der Waals surface area contributed by atoms with Gasteiger partial charge in [0.25, 0.3) is 0 Å². The van der Waals surface area contributed by atoms with Gasteiger partial charge in [0.05, 0.1) is 12.0 Å². The number of nitro benzene ring substituents is 1. The Kier molecular flexibility index (Phi) is 7.89. The molecule has 0 aliphatic carbocycles. The molecule has 6 nitrogen and oxygen atoms in total. The molecule has 23 heavy (non-hydrogen) atoms. The zero-order valence-electron chi connectivity index (χ0n) is 11.3. The molecule has 0 bridgehead atoms. The minimum atomic E-state index is -0.799. The molecule has 0 heterocycles. The third-order valence-corrected chi connectivity index (χ3v) is 2.41. The first-order valence-corrected chi connectivity index (χ1v) is 5.82. The van der Waals surface area contributed by atoms with Crippen molar-refractivity contribution in [2.24, 2.45) is 0 Å². The number of phenols is 1. The quantitative estimate of drug-likeness (QED) is 0.516. The van der Waals surface area contributed by atoms with Gasteiger partial charge in [-0.2, -0.15) is 4.39 Å². The molecule has 2 aromatic rings. The maximum absolute atomic E-state index is 12.4. The highest BCUT2D eigenvalue weighted by molar-refractivity contribution is 5.92. The molecule has 0 atom stereocenters. The molecule has 2 rings (SSSR count). The number of aromatic hydroxyl groups is 1. The van der Waals surface area contributed by atoms with Crippen LogP contribution in [0.2, 0.25) is 0 Å². The van der Waals surface area contributed by atoms with Crippen LogP contribution in [0.5, 0.6) is 5.75 Å². The Morgan fingerprint density at radius 3 is 2.26 bits per heavy atom. The van der Waals surface area contributed by atoms with Gasteiger partial charge in [0.15, 0.2) is 0 Å². The van der Waals surface area contributed by atoms with E-state index in [1.807, 2.05) is 0 Å². The van der Waals surface area contributed by atoms with Gasteiger partial charge in [0.1, 0.15) is 17.1 Å². The first kappa shape index (κ1) is 20.0. The summed E-state index contributed by atoms with van der Waals surface area (Å²) in [5.41, 5.74) is -0.526. The third kappa shape index (κ3) is 5.70. The lowest BCUT2D eigenvalue weighted by Crippen LogP contribution is -2.01. The number of phenolic OH excluding ortho intramolecular Hbond substituents is 1. The molecule has 0 unspecified atom stereocenters. The van der Waals surface area contributed by atoms with Crippen LogP contribution in [0.15, 0.2) is 42.5 Å². The summed E-state index contributed by atoms with van der Waals surface area (Å²) in [5.74, 6) is -2.50. The van der Waals surface area contributed by atoms with Crippen molar-refractivity contribution in [2.75, 3.05) is 7.11 Å². The molecule has 0 fully saturated rings. The van der Waals surface area contributed by atoms with E-state index in [-0.39, 0.29) is 13.0 Å². The minimum Gasteiger partial charge on any atom is -0.507 e. The minimum absolute atomic E-state index is 0. The number of esters is 1. The first-order valence-electron chi connectivity index (χ1n) is 5.82. The van der Waals surface area contributed by atoms with Crippen molar-refractivity contribution in [1.29, 1.82) is 0 Å². The molecule has 0 aliphatic heterocycles. The second-order valence-corrected chi connectivity index (χ2v) is 3.86. The number of hydrogen-bond donors (Lipinski definition) is 1. The second kappa shape index (κ2) is 9.08. The second-order valence-electron chi connectivity index (χ2n) is 3.86. The van der Waals surface area contributed by atoms with Crippen molar-refractivity contribution in [3.8, 4) is 5.75 Å². The summed E-state index contributed by atoms with van der Waals surface area (Å²) in [7, 11) is 1.19. The zero-order chi connectivity index (χ0) is 16.7. The summed E-state index contributed by atoms with van der Waals surface area (Å²) in [6, 6.07) is 8.09. The van der Waals surface area contributed by atoms with E-state index in [2.05, 4.69) is 4.74 Å². The monoisotopic (exact) mass is 327 g/mol. The lowest BCUT2D eigenvalue weighted by atomic mass is 10.2. The fraction of sp³-hybridized carbons (Fsp3) is 0.133. The summed E-state index contributed by atoms with van der Waals surface area (Å²) < 4.78 is 29.1. The molecule has 1 N–H and O–H groups in total. The number of rotatable bonds is 2. The molecule has 2 aromatic carbocycles. The first-order chi connectivity index (χ1) is 10.4. The summed E-state index contributed by atoms with van der Waals surface area (Å²) in [4.78, 5) is 20.1. The highest BCUT2D eigenvalue weighted by atomic mass is 19.1. The molecule has 0 aromatic heterocycles. The number of carbonyl (C=O) groups excluding carboxylic acids is 1. The van der Waals surface area contributed by atoms with E-state index in [9.17, 15) is 23.7 Å². The van der Waals surface area contributed by atoms with Crippen molar-refractivity contribution in [3.05, 3.63) is 69.8 Å². The molecule has 0 radical (unpaired) electrons. The van der Waals surface area contributed by atoms with Gasteiger partial charge in [-0.05, 0) is 18.2 Å². The van der Waals surface area contributed by atoms with Gasteiger partial charge >= 0.3 is 11.7 Å². The predicted molar refractivity (Wildman–Crippen MR) is 79.2 cm³/mol. The van der Waals surface area contributed by atoms with E-state index in [1.54, 1.807) is 0 Å². The van der Waals surface area contributed by atoms with Crippen LogP contribution in [-0.4, -0.2) is 23.1 Å². The standard InChI is InChI=1S/C8H7FO3.C6H4FNO2.CH4/c1-12-8(11)6-3-2-5(9)4-7(6)10;7-5-3-1-2-4-6(5)8(9)10;/h2-4,10H,1H3;1-4H;1H4. The van der Waals surface area contributed by atoms with Crippen molar-refractivity contribution in [1.82, 2.24) is 0 Å². The normalized spacial score (nSPS) is 9.00. The summed E-state index contributed by atoms with van der Waals surface area (Å²) >= 11 is 0. The van der Waals surface area contributed by atoms with Crippen molar-refractivity contribution in [2.45, 2.75) is 7.43 Å². The topological polar surface area (TPSA) is 89.7 Å². The molecule has 0 amide bonds. The molecule has 0 aliphatic rings. The third-order valence-electron chi connectivity index (χ3n) is 2.41. The molecule has 0 saturated heterocycles. The van der Waals surface area contributed by atoms with Gasteiger partial charge in [0, 0.05) is 12.1 Å². The molecule has 0 saturated carbocycles. The average Bonchev–Trinajstić information content (AvgIpc) is 2.47. The number of para-hydroxylation sites is 1. The van der Waals surface area contributed by atoms with Crippen LogP contribution in [0.1, 0.15) is 17.8 Å². The zero-order valence-corrected chi connectivity index (χ0v) is 11.3. The van der Waals surface area contributed by atoms with Gasteiger partial charge < -0.3 is 9.84 Å². The number of ether oxygens (including phenoxy) is 1. The molecule has 0 spiro atoms. The highest BCUT2D eigenvalue weighted by Crippen LogP contribution is 2.18. The van der Waals surface area contributed by atoms with Gasteiger partial charge in [0.2, 0.25) is 5.82 Å². The Balaban J connectivity index is 0.000000409. The Morgan fingerprint density at radius 1 is 1.22 bits per heavy atom. The van der Waals surface area contributed by atoms with Gasteiger partial charge in [-0.25, -0.2) is 9.18 Å². The van der Waals surface area contributed by atoms with Crippen LogP contribution in [0, 0.1) is 21.7 Å². The highest BCUT2D eigenvalue weighted by Gasteiger charge is 2.11. The van der Waals surface area contributed by atoms with Crippen LogP contribution in [0.3, 0.4) is 0 Å². The number of nitro groups is 1. The van der Waals surface area contributed by atoms with Crippen LogP contribution >= 0.6 is 0 Å². The number of halogens is 2. The Labute approximate surface area is 131 Å². The van der Waals surface area contributed by atoms with Gasteiger partial charge in [-0.3, -0.25) is 10.1 Å². The van der Waals surface area contributed by atoms with Crippen molar-refractivity contribution in [3.63, 3.8) is 0 Å². The van der Waals surface area contributed by atoms with E-state index in [0.717, 1.165) is 30.3 Å². The van der Waals surface area contributed by atoms with Crippen LogP contribution < -0.4 is 0 Å². The van der Waals surface area contributed by atoms with Crippen molar-refractivity contribution >= 4 is 11.7 Å². The van der Waals surface area contributed by atoms with Crippen molar-refractivity contribution < 1.29 is 28.3 Å². The van der Waals surface area contributed by atoms with E-state index >= 15 is 0 Å². The smallest absolute Gasteiger partial charge is 0.341 e. The van der Waals surface area contributed by atoms with E-state index in [0.29, 0.717) is 0 Å². The number of carbonyl (C=O) groups is 1. The number of methoxy groups -OCH3 is 1. The van der Waals surface area contributed by atoms with Gasteiger partial charge in [-0.15, -0.1) is 0 Å². The number of benzene rings is 2. The molecule has 8 heteroatoms. The Morgan fingerprint density at radius 2 is 1.83 bits per heavy atom. The average molecular weight is 327 g/mol. The predicted octanol–water partition coefficient (Wildman–Crippen LogP) is 3.69.